The molecule has 176 valence electrons. The Bertz CT molecular complexity index is 945. The fraction of sp³-hybridized carbons (Fsp3) is 0.583. The van der Waals surface area contributed by atoms with E-state index < -0.39 is 24.1 Å². The van der Waals surface area contributed by atoms with Gasteiger partial charge in [0.2, 0.25) is 0 Å². The molecule has 9 heteroatoms. The summed E-state index contributed by atoms with van der Waals surface area (Å²) in [6, 6.07) is 6.72. The van der Waals surface area contributed by atoms with E-state index in [2.05, 4.69) is 0 Å². The predicted molar refractivity (Wildman–Crippen MR) is 112 cm³/mol. The number of benzene rings is 1. The van der Waals surface area contributed by atoms with Crippen molar-refractivity contribution in [2.24, 2.45) is 35.5 Å². The third-order valence-corrected chi connectivity index (χ3v) is 7.88. The smallest absolute Gasteiger partial charge is 0.306 e. The van der Waals surface area contributed by atoms with Gasteiger partial charge in [0.25, 0.3) is 11.8 Å². The van der Waals surface area contributed by atoms with E-state index in [-0.39, 0.29) is 29.6 Å². The molecule has 2 saturated heterocycles. The predicted octanol–water partition coefficient (Wildman–Crippen LogP) is 2.11. The van der Waals surface area contributed by atoms with Crippen LogP contribution in [-0.2, 0) is 19.1 Å². The first-order valence-electron chi connectivity index (χ1n) is 11.5. The van der Waals surface area contributed by atoms with Crippen LogP contribution < -0.4 is 0 Å². The summed E-state index contributed by atoms with van der Waals surface area (Å²) < 4.78 is 10.9. The molecular weight excluding hydrogens is 430 g/mol. The minimum Gasteiger partial charge on any atom is -0.481 e. The van der Waals surface area contributed by atoms with E-state index in [0.717, 1.165) is 26.1 Å². The molecule has 6 rings (SSSR count). The van der Waals surface area contributed by atoms with Gasteiger partial charge in [-0.3, -0.25) is 19.2 Å². The number of hydrogen-bond acceptors (Lipinski definition) is 6. The summed E-state index contributed by atoms with van der Waals surface area (Å²) in [7, 11) is 0. The molecule has 33 heavy (non-hydrogen) atoms. The Kier molecular flexibility index (Phi) is 5.70. The van der Waals surface area contributed by atoms with Gasteiger partial charge < -0.3 is 19.7 Å². The lowest BCUT2D eigenvalue weighted by Gasteiger charge is -2.26. The standard InChI is InChI=1S/C16H15NO5.C8H12O3/c18-13-10-3-1-2-4-11(10)14(19)17(13)15-12-6-8(16(20)21)5-9(12)7-22-15;9-8(10)5-1-6-3-11-4-7(6)2-5/h1-4,8-9,12,15H,5-7H2,(H,20,21);5-7H,1-4H2,(H,9,10). The molecule has 2 N–H and O–H groups in total. The summed E-state index contributed by atoms with van der Waals surface area (Å²) in [5, 5.41) is 17.9. The minimum atomic E-state index is -0.810. The molecule has 9 nitrogen and oxygen atoms in total. The molecule has 2 aliphatic carbocycles. The largest absolute Gasteiger partial charge is 0.481 e. The number of carbonyl (C=O) groups excluding carboxylic acids is 2. The summed E-state index contributed by atoms with van der Waals surface area (Å²) in [5.74, 6) is -1.51. The molecule has 6 unspecified atom stereocenters. The normalized spacial score (nSPS) is 36.2. The second kappa shape index (κ2) is 8.53. The lowest BCUT2D eigenvalue weighted by atomic mass is 9.97. The van der Waals surface area contributed by atoms with Crippen LogP contribution in [0.25, 0.3) is 0 Å². The van der Waals surface area contributed by atoms with Gasteiger partial charge in [-0.15, -0.1) is 0 Å². The van der Waals surface area contributed by atoms with Crippen LogP contribution in [0, 0.1) is 35.5 Å². The number of aliphatic carboxylic acids is 2. The number of hydrogen-bond donors (Lipinski definition) is 2. The zero-order valence-corrected chi connectivity index (χ0v) is 18.1. The van der Waals surface area contributed by atoms with Crippen molar-refractivity contribution in [3.8, 4) is 0 Å². The highest BCUT2D eigenvalue weighted by Crippen LogP contribution is 2.46. The second-order valence-corrected chi connectivity index (χ2v) is 9.74. The number of ether oxygens (including phenoxy) is 2. The van der Waals surface area contributed by atoms with Crippen LogP contribution in [0.4, 0.5) is 0 Å². The van der Waals surface area contributed by atoms with Gasteiger partial charge in [-0.2, -0.15) is 0 Å². The van der Waals surface area contributed by atoms with E-state index >= 15 is 0 Å². The Morgan fingerprint density at radius 3 is 1.85 bits per heavy atom. The van der Waals surface area contributed by atoms with Gasteiger partial charge in [0.15, 0.2) is 0 Å². The van der Waals surface area contributed by atoms with Gasteiger partial charge >= 0.3 is 11.9 Å². The molecule has 1 aromatic rings. The Morgan fingerprint density at radius 2 is 1.30 bits per heavy atom. The highest BCUT2D eigenvalue weighted by molar-refractivity contribution is 6.21. The summed E-state index contributed by atoms with van der Waals surface area (Å²) in [6.07, 6.45) is 2.04. The molecule has 3 heterocycles. The zero-order valence-electron chi connectivity index (χ0n) is 18.1. The maximum absolute atomic E-state index is 12.5. The van der Waals surface area contributed by atoms with E-state index in [1.807, 2.05) is 0 Å². The monoisotopic (exact) mass is 457 g/mol. The molecule has 0 spiro atoms. The lowest BCUT2D eigenvalue weighted by molar-refractivity contribution is -0.143. The molecule has 0 bridgehead atoms. The molecule has 6 atom stereocenters. The SMILES string of the molecule is O=C(O)C1CC2COC(N3C(=O)c4ccccc4C3=O)C2C1.O=C(O)C1CC2COCC2C1. The minimum absolute atomic E-state index is 0.0803. The van der Waals surface area contributed by atoms with Gasteiger partial charge in [0.05, 0.1) is 29.6 Å². The molecule has 2 saturated carbocycles. The van der Waals surface area contributed by atoms with Crippen LogP contribution >= 0.6 is 0 Å². The Morgan fingerprint density at radius 1 is 0.788 bits per heavy atom. The fourth-order valence-corrected chi connectivity index (χ4v) is 6.14. The van der Waals surface area contributed by atoms with Gasteiger partial charge in [0.1, 0.15) is 6.23 Å². The number of carboxylic acid groups (broad SMARTS) is 2. The molecule has 3 aliphatic heterocycles. The van der Waals surface area contributed by atoms with E-state index in [0.29, 0.717) is 42.4 Å². The lowest BCUT2D eigenvalue weighted by Crippen LogP contribution is -2.43. The summed E-state index contributed by atoms with van der Waals surface area (Å²) in [4.78, 5) is 48.0. The Balaban J connectivity index is 0.000000174. The van der Waals surface area contributed by atoms with Gasteiger partial charge in [0, 0.05) is 19.1 Å². The maximum Gasteiger partial charge on any atom is 0.306 e. The zero-order chi connectivity index (χ0) is 23.3. The first kappa shape index (κ1) is 22.0. The van der Waals surface area contributed by atoms with Crippen LogP contribution in [0.3, 0.4) is 0 Å². The second-order valence-electron chi connectivity index (χ2n) is 9.74. The Labute approximate surface area is 190 Å². The first-order chi connectivity index (χ1) is 15.8. The third kappa shape index (κ3) is 3.83. The molecule has 5 aliphatic rings. The highest BCUT2D eigenvalue weighted by atomic mass is 16.5. The van der Waals surface area contributed by atoms with Crippen molar-refractivity contribution in [1.29, 1.82) is 0 Å². The average Bonchev–Trinajstić information content (AvgIpc) is 3.56. The van der Waals surface area contributed by atoms with E-state index in [1.54, 1.807) is 24.3 Å². The molecular formula is C24H27NO8. The number of rotatable bonds is 3. The van der Waals surface area contributed by atoms with Crippen molar-refractivity contribution >= 4 is 23.8 Å². The first-order valence-corrected chi connectivity index (χ1v) is 11.5. The van der Waals surface area contributed by atoms with Gasteiger partial charge in [-0.1, -0.05) is 12.1 Å². The van der Waals surface area contributed by atoms with E-state index in [1.165, 1.54) is 4.90 Å². The number of carboxylic acids is 2. The maximum atomic E-state index is 12.5. The van der Waals surface area contributed by atoms with E-state index in [4.69, 9.17) is 14.6 Å². The number of fused-ring (bicyclic) bond motifs is 3. The molecule has 4 fully saturated rings. The van der Waals surface area contributed by atoms with Crippen LogP contribution in [0.1, 0.15) is 46.4 Å². The van der Waals surface area contributed by atoms with Crippen molar-refractivity contribution in [1.82, 2.24) is 4.90 Å². The van der Waals surface area contributed by atoms with Crippen LogP contribution in [0.2, 0.25) is 0 Å². The topological polar surface area (TPSA) is 130 Å². The Hall–Kier alpha value is -2.78. The molecule has 0 radical (unpaired) electrons. The third-order valence-electron chi connectivity index (χ3n) is 7.88. The van der Waals surface area contributed by atoms with E-state index in [9.17, 15) is 24.3 Å². The van der Waals surface area contributed by atoms with Crippen molar-refractivity contribution in [2.75, 3.05) is 19.8 Å². The summed E-state index contributed by atoms with van der Waals surface area (Å²) in [5.41, 5.74) is 0.791. The number of amides is 2. The van der Waals surface area contributed by atoms with Crippen molar-refractivity contribution in [2.45, 2.75) is 31.9 Å². The highest BCUT2D eigenvalue weighted by Gasteiger charge is 2.53. The number of carbonyl (C=O) groups is 4. The van der Waals surface area contributed by atoms with Crippen LogP contribution in [0.15, 0.2) is 24.3 Å². The summed E-state index contributed by atoms with van der Waals surface area (Å²) in [6.45, 7) is 1.98. The average molecular weight is 457 g/mol. The van der Waals surface area contributed by atoms with Crippen molar-refractivity contribution < 1.29 is 38.9 Å². The summed E-state index contributed by atoms with van der Waals surface area (Å²) >= 11 is 0. The van der Waals surface area contributed by atoms with Crippen molar-refractivity contribution in [3.63, 3.8) is 0 Å². The molecule has 1 aromatic carbocycles. The van der Waals surface area contributed by atoms with Gasteiger partial charge in [-0.05, 0) is 55.6 Å². The fourth-order valence-electron chi connectivity index (χ4n) is 6.14. The van der Waals surface area contributed by atoms with Gasteiger partial charge in [-0.25, -0.2) is 4.90 Å². The van der Waals surface area contributed by atoms with Crippen LogP contribution in [-0.4, -0.2) is 64.9 Å². The number of imide groups is 1. The van der Waals surface area contributed by atoms with Crippen molar-refractivity contribution in [3.05, 3.63) is 35.4 Å². The number of nitrogens with zero attached hydrogens (tertiary/aromatic N) is 1. The quantitative estimate of drug-likeness (QED) is 0.660. The molecule has 0 aromatic heterocycles. The molecule has 2 amide bonds. The van der Waals surface area contributed by atoms with Crippen LogP contribution in [0.5, 0.6) is 0 Å².